The molecule has 1 aliphatic heterocycles. The van der Waals surface area contributed by atoms with Crippen LogP contribution in [0.25, 0.3) is 0 Å². The maximum absolute atomic E-state index is 9.34. The zero-order valence-electron chi connectivity index (χ0n) is 7.81. The van der Waals surface area contributed by atoms with Gasteiger partial charge in [0, 0.05) is 24.5 Å². The highest BCUT2D eigenvalue weighted by atomic mass is 32.1. The van der Waals surface area contributed by atoms with E-state index in [1.807, 2.05) is 12.1 Å². The van der Waals surface area contributed by atoms with Gasteiger partial charge in [-0.1, -0.05) is 0 Å². The molecule has 1 saturated heterocycles. The Bertz CT molecular complexity index is 355. The summed E-state index contributed by atoms with van der Waals surface area (Å²) in [6.45, 7) is 2.59. The van der Waals surface area contributed by atoms with Crippen molar-refractivity contribution in [1.29, 1.82) is 5.26 Å². The van der Waals surface area contributed by atoms with Gasteiger partial charge in [0.15, 0.2) is 0 Å². The molecule has 3 nitrogen and oxygen atoms in total. The monoisotopic (exact) mass is 208 g/mol. The minimum atomic E-state index is -0.162. The molecule has 0 spiro atoms. The largest absolute Gasteiger partial charge is 0.392 e. The van der Waals surface area contributed by atoms with Gasteiger partial charge in [-0.05, 0) is 18.6 Å². The summed E-state index contributed by atoms with van der Waals surface area (Å²) in [6, 6.07) is 5.98. The van der Waals surface area contributed by atoms with Gasteiger partial charge in [-0.15, -0.1) is 11.3 Å². The molecule has 2 rings (SSSR count). The average Bonchev–Trinajstić information content (AvgIpc) is 2.76. The third-order valence-corrected chi connectivity index (χ3v) is 3.37. The van der Waals surface area contributed by atoms with Gasteiger partial charge >= 0.3 is 0 Å². The van der Waals surface area contributed by atoms with Crippen molar-refractivity contribution in [2.24, 2.45) is 0 Å². The molecule has 0 aromatic carbocycles. The van der Waals surface area contributed by atoms with Crippen LogP contribution in [-0.4, -0.2) is 29.2 Å². The lowest BCUT2D eigenvalue weighted by Crippen LogP contribution is -2.20. The Morgan fingerprint density at radius 1 is 1.64 bits per heavy atom. The number of thiophene rings is 1. The summed E-state index contributed by atoms with van der Waals surface area (Å²) in [5, 5.41) is 18.0. The summed E-state index contributed by atoms with van der Waals surface area (Å²) in [5.74, 6) is 0. The van der Waals surface area contributed by atoms with E-state index in [4.69, 9.17) is 5.26 Å². The van der Waals surface area contributed by atoms with Crippen LogP contribution in [0.4, 0.5) is 0 Å². The highest BCUT2D eigenvalue weighted by Crippen LogP contribution is 2.19. The Morgan fingerprint density at radius 3 is 3.07 bits per heavy atom. The molecule has 0 saturated carbocycles. The molecule has 0 aliphatic carbocycles. The van der Waals surface area contributed by atoms with Crippen molar-refractivity contribution in [3.8, 4) is 6.07 Å². The van der Waals surface area contributed by atoms with Crippen LogP contribution in [0.1, 0.15) is 16.2 Å². The van der Waals surface area contributed by atoms with Crippen molar-refractivity contribution in [2.75, 3.05) is 13.1 Å². The third-order valence-electron chi connectivity index (χ3n) is 2.40. The predicted molar refractivity (Wildman–Crippen MR) is 54.9 cm³/mol. The summed E-state index contributed by atoms with van der Waals surface area (Å²) < 4.78 is 0. The molecule has 0 unspecified atom stereocenters. The van der Waals surface area contributed by atoms with Crippen LogP contribution in [0, 0.1) is 11.3 Å². The van der Waals surface area contributed by atoms with Crippen LogP contribution in [0.2, 0.25) is 0 Å². The molecule has 1 fully saturated rings. The third kappa shape index (κ3) is 2.13. The summed E-state index contributed by atoms with van der Waals surface area (Å²) in [6.07, 6.45) is 0.710. The van der Waals surface area contributed by atoms with E-state index >= 15 is 0 Å². The van der Waals surface area contributed by atoms with E-state index in [1.165, 1.54) is 16.2 Å². The molecular formula is C10H12N2OS. The van der Waals surface area contributed by atoms with E-state index in [-0.39, 0.29) is 6.10 Å². The summed E-state index contributed by atoms with van der Waals surface area (Å²) >= 11 is 1.54. The molecule has 0 amide bonds. The first-order valence-electron chi connectivity index (χ1n) is 4.67. The molecule has 0 bridgehead atoms. The fourth-order valence-corrected chi connectivity index (χ4v) is 2.55. The molecule has 4 heteroatoms. The Morgan fingerprint density at radius 2 is 2.50 bits per heavy atom. The maximum atomic E-state index is 9.34. The molecule has 0 radical (unpaired) electrons. The van der Waals surface area contributed by atoms with E-state index in [1.54, 1.807) is 0 Å². The molecule has 1 aromatic heterocycles. The molecular weight excluding hydrogens is 196 g/mol. The van der Waals surface area contributed by atoms with Crippen molar-refractivity contribution >= 4 is 11.3 Å². The minimum Gasteiger partial charge on any atom is -0.392 e. The number of aliphatic hydroxyl groups excluding tert-OH is 1. The normalized spacial score (nSPS) is 22.4. The fourth-order valence-electron chi connectivity index (χ4n) is 1.70. The Labute approximate surface area is 87.2 Å². The van der Waals surface area contributed by atoms with Crippen LogP contribution in [0.3, 0.4) is 0 Å². The van der Waals surface area contributed by atoms with Gasteiger partial charge in [0.1, 0.15) is 10.9 Å². The van der Waals surface area contributed by atoms with Crippen LogP contribution in [0.5, 0.6) is 0 Å². The number of nitriles is 1. The Kier molecular flexibility index (Phi) is 2.82. The SMILES string of the molecule is N#Cc1ccc(CN2CC[C@H](O)C2)s1. The average molecular weight is 208 g/mol. The van der Waals surface area contributed by atoms with Gasteiger partial charge in [-0.3, -0.25) is 4.90 Å². The van der Waals surface area contributed by atoms with Crippen molar-refractivity contribution in [3.05, 3.63) is 21.9 Å². The molecule has 1 aromatic rings. The first kappa shape index (κ1) is 9.66. The van der Waals surface area contributed by atoms with Crippen molar-refractivity contribution in [1.82, 2.24) is 4.90 Å². The number of nitrogens with zero attached hydrogens (tertiary/aromatic N) is 2. The zero-order valence-corrected chi connectivity index (χ0v) is 8.63. The standard InChI is InChI=1S/C10H12N2OS/c11-5-9-1-2-10(14-9)7-12-4-3-8(13)6-12/h1-2,8,13H,3-4,6-7H2/t8-/m0/s1. The molecule has 1 N–H and O–H groups in total. The van der Waals surface area contributed by atoms with E-state index in [0.717, 1.165) is 30.9 Å². The summed E-state index contributed by atoms with van der Waals surface area (Å²) in [7, 11) is 0. The Balaban J connectivity index is 1.95. The molecule has 74 valence electrons. The summed E-state index contributed by atoms with van der Waals surface area (Å²) in [4.78, 5) is 4.19. The second-order valence-electron chi connectivity index (χ2n) is 3.56. The summed E-state index contributed by atoms with van der Waals surface area (Å²) in [5.41, 5.74) is 0. The van der Waals surface area contributed by atoms with Crippen molar-refractivity contribution < 1.29 is 5.11 Å². The highest BCUT2D eigenvalue weighted by Gasteiger charge is 2.20. The lowest BCUT2D eigenvalue weighted by atomic mass is 10.3. The van der Waals surface area contributed by atoms with Crippen LogP contribution >= 0.6 is 11.3 Å². The molecule has 1 atom stereocenters. The van der Waals surface area contributed by atoms with Crippen molar-refractivity contribution in [2.45, 2.75) is 19.1 Å². The fraction of sp³-hybridized carbons (Fsp3) is 0.500. The lowest BCUT2D eigenvalue weighted by molar-refractivity contribution is 0.175. The quantitative estimate of drug-likeness (QED) is 0.794. The highest BCUT2D eigenvalue weighted by molar-refractivity contribution is 7.12. The van der Waals surface area contributed by atoms with E-state index in [0.29, 0.717) is 0 Å². The number of likely N-dealkylation sites (tertiary alicyclic amines) is 1. The van der Waals surface area contributed by atoms with Crippen LogP contribution in [0.15, 0.2) is 12.1 Å². The first-order valence-corrected chi connectivity index (χ1v) is 5.49. The lowest BCUT2D eigenvalue weighted by Gasteiger charge is -2.12. The molecule has 14 heavy (non-hydrogen) atoms. The van der Waals surface area contributed by atoms with Gasteiger partial charge in [-0.25, -0.2) is 0 Å². The molecule has 1 aliphatic rings. The maximum Gasteiger partial charge on any atom is 0.110 e. The van der Waals surface area contributed by atoms with E-state index in [9.17, 15) is 5.11 Å². The first-order chi connectivity index (χ1) is 6.78. The zero-order chi connectivity index (χ0) is 9.97. The predicted octanol–water partition coefficient (Wildman–Crippen LogP) is 1.19. The number of rotatable bonds is 2. The van der Waals surface area contributed by atoms with Crippen LogP contribution < -0.4 is 0 Å². The number of hydrogen-bond donors (Lipinski definition) is 1. The van der Waals surface area contributed by atoms with Gasteiger partial charge in [0.2, 0.25) is 0 Å². The smallest absolute Gasteiger partial charge is 0.110 e. The topological polar surface area (TPSA) is 47.3 Å². The van der Waals surface area contributed by atoms with Crippen molar-refractivity contribution in [3.63, 3.8) is 0 Å². The molecule has 2 heterocycles. The number of β-amino-alcohol motifs (C(OH)–C–C–N with tert-alkyl or cyclic N) is 1. The van der Waals surface area contributed by atoms with Gasteiger partial charge in [0.25, 0.3) is 0 Å². The second kappa shape index (κ2) is 4.09. The van der Waals surface area contributed by atoms with E-state index in [2.05, 4.69) is 11.0 Å². The number of hydrogen-bond acceptors (Lipinski definition) is 4. The second-order valence-corrected chi connectivity index (χ2v) is 4.72. The van der Waals surface area contributed by atoms with Crippen LogP contribution in [-0.2, 0) is 6.54 Å². The van der Waals surface area contributed by atoms with E-state index < -0.39 is 0 Å². The van der Waals surface area contributed by atoms with Gasteiger partial charge in [-0.2, -0.15) is 5.26 Å². The number of aliphatic hydroxyl groups is 1. The van der Waals surface area contributed by atoms with Gasteiger partial charge in [0.05, 0.1) is 6.10 Å². The minimum absolute atomic E-state index is 0.162. The Hall–Kier alpha value is -0.890. The van der Waals surface area contributed by atoms with Gasteiger partial charge < -0.3 is 5.11 Å².